The molecule has 1 N–H and O–H groups in total. The number of morpholine rings is 1. The summed E-state index contributed by atoms with van der Waals surface area (Å²) in [6.07, 6.45) is 3.48. The molecular weight excluding hydrogens is 240 g/mol. The highest BCUT2D eigenvalue weighted by Gasteiger charge is 2.31. The van der Waals surface area contributed by atoms with Crippen LogP contribution in [0.1, 0.15) is 33.1 Å². The summed E-state index contributed by atoms with van der Waals surface area (Å²) in [6.45, 7) is 5.30. The van der Waals surface area contributed by atoms with Crippen LogP contribution in [0.3, 0.4) is 0 Å². The molecule has 2 unspecified atom stereocenters. The zero-order chi connectivity index (χ0) is 12.5. The van der Waals surface area contributed by atoms with Crippen LogP contribution in [0.5, 0.6) is 0 Å². The summed E-state index contributed by atoms with van der Waals surface area (Å²) in [5.41, 5.74) is 0. The minimum Gasteiger partial charge on any atom is -0.373 e. The van der Waals surface area contributed by atoms with Crippen molar-refractivity contribution in [3.8, 4) is 0 Å². The highest BCUT2D eigenvalue weighted by Crippen LogP contribution is 2.25. The van der Waals surface area contributed by atoms with Crippen molar-refractivity contribution in [3.05, 3.63) is 0 Å². The van der Waals surface area contributed by atoms with E-state index >= 15 is 0 Å². The second kappa shape index (κ2) is 5.22. The lowest BCUT2D eigenvalue weighted by atomic mass is 9.86. The standard InChI is InChI=1S/C11H22N2O3S/c1-9-7-13(8-10(2)16-9)17(14,15)12-6-11-4-3-5-11/h9-12H,3-8H2,1-2H3. The summed E-state index contributed by atoms with van der Waals surface area (Å²) in [7, 11) is -3.32. The van der Waals surface area contributed by atoms with E-state index in [1.807, 2.05) is 13.8 Å². The number of ether oxygens (including phenoxy) is 1. The average Bonchev–Trinajstić information content (AvgIpc) is 2.13. The van der Waals surface area contributed by atoms with E-state index in [4.69, 9.17) is 4.74 Å². The highest BCUT2D eigenvalue weighted by molar-refractivity contribution is 7.87. The molecule has 2 atom stereocenters. The van der Waals surface area contributed by atoms with Gasteiger partial charge in [-0.25, -0.2) is 4.72 Å². The van der Waals surface area contributed by atoms with E-state index < -0.39 is 10.2 Å². The molecule has 17 heavy (non-hydrogen) atoms. The molecule has 1 heterocycles. The van der Waals surface area contributed by atoms with Gasteiger partial charge in [0.25, 0.3) is 10.2 Å². The first-order valence-electron chi connectivity index (χ1n) is 6.37. The number of nitrogens with one attached hydrogen (secondary N) is 1. The van der Waals surface area contributed by atoms with Gasteiger partial charge in [-0.15, -0.1) is 0 Å². The summed E-state index contributed by atoms with van der Waals surface area (Å²) < 4.78 is 33.9. The predicted molar refractivity (Wildman–Crippen MR) is 65.8 cm³/mol. The summed E-state index contributed by atoms with van der Waals surface area (Å²) in [6, 6.07) is 0. The summed E-state index contributed by atoms with van der Waals surface area (Å²) in [5.74, 6) is 0.542. The molecule has 100 valence electrons. The van der Waals surface area contributed by atoms with Crippen molar-refractivity contribution in [3.63, 3.8) is 0 Å². The van der Waals surface area contributed by atoms with Crippen LogP contribution in [0.2, 0.25) is 0 Å². The van der Waals surface area contributed by atoms with Crippen LogP contribution < -0.4 is 4.72 Å². The topological polar surface area (TPSA) is 58.6 Å². The average molecular weight is 262 g/mol. The molecule has 2 aliphatic rings. The molecule has 2 rings (SSSR count). The molecule has 1 aliphatic carbocycles. The van der Waals surface area contributed by atoms with Crippen LogP contribution in [-0.2, 0) is 14.9 Å². The Morgan fingerprint density at radius 3 is 2.29 bits per heavy atom. The van der Waals surface area contributed by atoms with Gasteiger partial charge in [0.1, 0.15) is 0 Å². The van der Waals surface area contributed by atoms with E-state index in [-0.39, 0.29) is 12.2 Å². The van der Waals surface area contributed by atoms with Crippen molar-refractivity contribution in [1.29, 1.82) is 0 Å². The third-order valence-electron chi connectivity index (χ3n) is 3.51. The SMILES string of the molecule is CC1CN(S(=O)(=O)NCC2CCC2)CC(C)O1. The maximum atomic E-state index is 12.1. The van der Waals surface area contributed by atoms with Crippen molar-refractivity contribution in [2.24, 2.45) is 5.92 Å². The first-order valence-corrected chi connectivity index (χ1v) is 7.81. The molecule has 1 saturated heterocycles. The molecule has 1 saturated carbocycles. The fraction of sp³-hybridized carbons (Fsp3) is 1.00. The Bertz CT molecular complexity index is 344. The monoisotopic (exact) mass is 262 g/mol. The van der Waals surface area contributed by atoms with Gasteiger partial charge in [-0.3, -0.25) is 0 Å². The molecule has 0 radical (unpaired) electrons. The van der Waals surface area contributed by atoms with Crippen LogP contribution >= 0.6 is 0 Å². The van der Waals surface area contributed by atoms with Crippen molar-refractivity contribution < 1.29 is 13.2 Å². The largest absolute Gasteiger partial charge is 0.373 e. The lowest BCUT2D eigenvalue weighted by molar-refractivity contribution is -0.0444. The smallest absolute Gasteiger partial charge is 0.279 e. The Morgan fingerprint density at radius 2 is 1.82 bits per heavy atom. The van der Waals surface area contributed by atoms with Crippen molar-refractivity contribution >= 4 is 10.2 Å². The quantitative estimate of drug-likeness (QED) is 0.812. The second-order valence-corrected chi connectivity index (χ2v) is 6.98. The maximum absolute atomic E-state index is 12.1. The van der Waals surface area contributed by atoms with Crippen LogP contribution in [-0.4, -0.2) is 44.6 Å². The molecule has 0 spiro atoms. The van der Waals surface area contributed by atoms with Gasteiger partial charge in [0.05, 0.1) is 12.2 Å². The summed E-state index contributed by atoms with van der Waals surface area (Å²) in [4.78, 5) is 0. The summed E-state index contributed by atoms with van der Waals surface area (Å²) in [5, 5.41) is 0. The van der Waals surface area contributed by atoms with Crippen LogP contribution in [0, 0.1) is 5.92 Å². The molecule has 0 bridgehead atoms. The minimum absolute atomic E-state index is 0.0287. The second-order valence-electron chi connectivity index (χ2n) is 5.22. The number of hydrogen-bond donors (Lipinski definition) is 1. The fourth-order valence-electron chi connectivity index (χ4n) is 2.34. The Morgan fingerprint density at radius 1 is 1.24 bits per heavy atom. The number of nitrogens with zero attached hydrogens (tertiary/aromatic N) is 1. The lowest BCUT2D eigenvalue weighted by Crippen LogP contribution is -2.52. The molecule has 2 fully saturated rings. The third kappa shape index (κ3) is 3.40. The molecule has 1 aliphatic heterocycles. The Labute approximate surface area is 104 Å². The first-order chi connectivity index (χ1) is 7.97. The van der Waals surface area contributed by atoms with Crippen molar-refractivity contribution in [2.75, 3.05) is 19.6 Å². The minimum atomic E-state index is -3.32. The Balaban J connectivity index is 1.89. The normalized spacial score (nSPS) is 32.4. The molecule has 0 amide bonds. The third-order valence-corrected chi connectivity index (χ3v) is 5.01. The van der Waals surface area contributed by atoms with Gasteiger partial charge in [-0.1, -0.05) is 6.42 Å². The van der Waals surface area contributed by atoms with Gasteiger partial charge < -0.3 is 4.74 Å². The summed E-state index contributed by atoms with van der Waals surface area (Å²) >= 11 is 0. The molecule has 6 heteroatoms. The number of rotatable bonds is 4. The van der Waals surface area contributed by atoms with E-state index in [1.165, 1.54) is 10.7 Å². The van der Waals surface area contributed by atoms with Gasteiger partial charge in [-0.2, -0.15) is 12.7 Å². The van der Waals surface area contributed by atoms with Gasteiger partial charge in [0, 0.05) is 19.6 Å². The van der Waals surface area contributed by atoms with E-state index in [9.17, 15) is 8.42 Å². The highest BCUT2D eigenvalue weighted by atomic mass is 32.2. The number of hydrogen-bond acceptors (Lipinski definition) is 3. The van der Waals surface area contributed by atoms with Crippen LogP contribution in [0.4, 0.5) is 0 Å². The maximum Gasteiger partial charge on any atom is 0.279 e. The van der Waals surface area contributed by atoms with E-state index in [2.05, 4.69) is 4.72 Å². The van der Waals surface area contributed by atoms with Crippen LogP contribution in [0.15, 0.2) is 0 Å². The van der Waals surface area contributed by atoms with Gasteiger partial charge >= 0.3 is 0 Å². The zero-order valence-electron chi connectivity index (χ0n) is 10.6. The molecule has 0 aromatic rings. The van der Waals surface area contributed by atoms with E-state index in [1.54, 1.807) is 0 Å². The fourth-order valence-corrected chi connectivity index (χ4v) is 3.78. The Kier molecular flexibility index (Phi) is 4.07. The zero-order valence-corrected chi connectivity index (χ0v) is 11.4. The molecular formula is C11H22N2O3S. The van der Waals surface area contributed by atoms with E-state index in [0.29, 0.717) is 25.6 Å². The van der Waals surface area contributed by atoms with E-state index in [0.717, 1.165) is 12.8 Å². The van der Waals surface area contributed by atoms with Crippen molar-refractivity contribution in [1.82, 2.24) is 9.03 Å². The molecule has 0 aromatic carbocycles. The predicted octanol–water partition coefficient (Wildman–Crippen LogP) is 0.730. The van der Waals surface area contributed by atoms with Crippen molar-refractivity contribution in [2.45, 2.75) is 45.3 Å². The first kappa shape index (κ1) is 13.3. The van der Waals surface area contributed by atoms with Crippen LogP contribution in [0.25, 0.3) is 0 Å². The van der Waals surface area contributed by atoms with Gasteiger partial charge in [-0.05, 0) is 32.6 Å². The molecule has 5 nitrogen and oxygen atoms in total. The molecule has 0 aromatic heterocycles. The lowest BCUT2D eigenvalue weighted by Gasteiger charge is -2.35. The Hall–Kier alpha value is -0.170. The van der Waals surface area contributed by atoms with Gasteiger partial charge in [0.15, 0.2) is 0 Å². The van der Waals surface area contributed by atoms with Gasteiger partial charge in [0.2, 0.25) is 0 Å².